The molecule has 3 N–H and O–H groups in total. The van der Waals surface area contributed by atoms with E-state index in [-0.39, 0.29) is 29.2 Å². The number of aromatic nitrogens is 1. The smallest absolute Gasteiger partial charge is 0.267 e. The molecule has 1 heterocycles. The van der Waals surface area contributed by atoms with E-state index in [1.807, 2.05) is 24.3 Å². The van der Waals surface area contributed by atoms with Crippen molar-refractivity contribution in [2.45, 2.75) is 44.6 Å². The van der Waals surface area contributed by atoms with Gasteiger partial charge in [-0.2, -0.15) is 5.26 Å². The highest BCUT2D eigenvalue weighted by atomic mass is 79.9. The third kappa shape index (κ3) is 3.93. The molecular weight excluding hydrogens is 420 g/mol. The quantitative estimate of drug-likeness (QED) is 0.658. The van der Waals surface area contributed by atoms with Crippen molar-refractivity contribution in [1.29, 1.82) is 5.26 Å². The molecule has 0 unspecified atom stereocenters. The summed E-state index contributed by atoms with van der Waals surface area (Å²) in [6.07, 6.45) is 5.23. The number of hydrogen-bond acceptors (Lipinski definition) is 3. The molecule has 2 aromatic rings. The Morgan fingerprint density at radius 3 is 2.79 bits per heavy atom. The van der Waals surface area contributed by atoms with Crippen LogP contribution < -0.4 is 10.6 Å². The number of H-pyrrole nitrogens is 1. The summed E-state index contributed by atoms with van der Waals surface area (Å²) in [7, 11) is 0. The van der Waals surface area contributed by atoms with Crippen molar-refractivity contribution < 1.29 is 9.59 Å². The summed E-state index contributed by atoms with van der Waals surface area (Å²) in [6, 6.07) is 9.76. The molecule has 6 nitrogen and oxygen atoms in total. The van der Waals surface area contributed by atoms with Crippen LogP contribution in [0.2, 0.25) is 0 Å². The molecule has 2 aliphatic rings. The number of carbonyl (C=O) groups is 2. The number of nitrogens with zero attached hydrogens (tertiary/aromatic N) is 1. The van der Waals surface area contributed by atoms with Gasteiger partial charge < -0.3 is 15.6 Å². The van der Waals surface area contributed by atoms with E-state index >= 15 is 0 Å². The molecule has 0 bridgehead atoms. The molecule has 2 saturated carbocycles. The number of nitriles is 1. The second kappa shape index (κ2) is 7.59. The van der Waals surface area contributed by atoms with E-state index in [2.05, 4.69) is 37.6 Å². The average Bonchev–Trinajstić information content (AvgIpc) is 3.36. The summed E-state index contributed by atoms with van der Waals surface area (Å²) < 4.78 is 0.959. The molecule has 2 fully saturated rings. The van der Waals surface area contributed by atoms with Gasteiger partial charge in [0.1, 0.15) is 5.69 Å². The van der Waals surface area contributed by atoms with E-state index in [1.54, 1.807) is 0 Å². The Morgan fingerprint density at radius 2 is 2.04 bits per heavy atom. The van der Waals surface area contributed by atoms with Gasteiger partial charge in [0, 0.05) is 28.0 Å². The lowest BCUT2D eigenvalue weighted by molar-refractivity contribution is -0.126. The fraction of sp³-hybridized carbons (Fsp3) is 0.476. The van der Waals surface area contributed by atoms with Gasteiger partial charge in [-0.05, 0) is 49.9 Å². The SMILES string of the molecule is N#CC1(CNC(=O)[C@@H]2CCCC[C@@H]2NC(=O)c2cc3cc(Br)ccc3[nH]2)CC1. The molecule has 0 spiro atoms. The summed E-state index contributed by atoms with van der Waals surface area (Å²) in [4.78, 5) is 28.6. The summed E-state index contributed by atoms with van der Waals surface area (Å²) in [6.45, 7) is 0.413. The van der Waals surface area contributed by atoms with E-state index in [1.165, 1.54) is 0 Å². The normalized spacial score (nSPS) is 23.0. The van der Waals surface area contributed by atoms with Crippen molar-refractivity contribution in [3.05, 3.63) is 34.4 Å². The van der Waals surface area contributed by atoms with Crippen molar-refractivity contribution in [3.8, 4) is 6.07 Å². The molecule has 1 aromatic carbocycles. The van der Waals surface area contributed by atoms with Gasteiger partial charge in [-0.25, -0.2) is 0 Å². The second-order valence-corrected chi connectivity index (χ2v) is 8.91. The minimum absolute atomic E-state index is 0.0490. The minimum atomic E-state index is -0.359. The lowest BCUT2D eigenvalue weighted by Gasteiger charge is -2.31. The standard InChI is InChI=1S/C21H23BrN4O2/c22-14-5-6-16-13(9-14)10-18(25-16)20(28)26-17-4-2-1-3-15(17)19(27)24-12-21(11-23)7-8-21/h5-6,9-10,15,17,25H,1-4,7-8,12H2,(H,24,27)(H,26,28)/t15-,17+/m1/s1. The van der Waals surface area contributed by atoms with Crippen LogP contribution in [0.15, 0.2) is 28.7 Å². The van der Waals surface area contributed by atoms with Gasteiger partial charge in [0.25, 0.3) is 5.91 Å². The third-order valence-electron chi connectivity index (χ3n) is 5.94. The molecule has 2 aliphatic carbocycles. The number of amides is 2. The first kappa shape index (κ1) is 19.0. The predicted molar refractivity (Wildman–Crippen MR) is 110 cm³/mol. The van der Waals surface area contributed by atoms with E-state index in [0.717, 1.165) is 53.9 Å². The zero-order valence-corrected chi connectivity index (χ0v) is 17.1. The number of carbonyl (C=O) groups excluding carboxylic acids is 2. The van der Waals surface area contributed by atoms with Crippen LogP contribution in [0.1, 0.15) is 49.0 Å². The zero-order chi connectivity index (χ0) is 19.7. The Morgan fingerprint density at radius 1 is 1.25 bits per heavy atom. The van der Waals surface area contributed by atoms with Crippen LogP contribution in [0, 0.1) is 22.7 Å². The van der Waals surface area contributed by atoms with Crippen molar-refractivity contribution in [1.82, 2.24) is 15.6 Å². The third-order valence-corrected chi connectivity index (χ3v) is 6.43. The molecule has 1 aromatic heterocycles. The largest absolute Gasteiger partial charge is 0.354 e. The number of fused-ring (bicyclic) bond motifs is 1. The lowest BCUT2D eigenvalue weighted by atomic mass is 9.83. The van der Waals surface area contributed by atoms with Gasteiger partial charge in [0.2, 0.25) is 5.91 Å². The Kier molecular flexibility index (Phi) is 5.15. The van der Waals surface area contributed by atoms with E-state index in [4.69, 9.17) is 0 Å². The van der Waals surface area contributed by atoms with Crippen molar-refractivity contribution in [2.24, 2.45) is 11.3 Å². The van der Waals surface area contributed by atoms with Crippen molar-refractivity contribution in [3.63, 3.8) is 0 Å². The lowest BCUT2D eigenvalue weighted by Crippen LogP contribution is -2.49. The zero-order valence-electron chi connectivity index (χ0n) is 15.6. The summed E-state index contributed by atoms with van der Waals surface area (Å²) in [5, 5.41) is 16.2. The number of hydrogen-bond donors (Lipinski definition) is 3. The summed E-state index contributed by atoms with van der Waals surface area (Å²) in [5.41, 5.74) is 1.04. The van der Waals surface area contributed by atoms with Gasteiger partial charge in [-0.1, -0.05) is 28.8 Å². The Labute approximate surface area is 172 Å². The first-order valence-corrected chi connectivity index (χ1v) is 10.6. The molecule has 0 saturated heterocycles. The van der Waals surface area contributed by atoms with Crippen LogP contribution in [-0.2, 0) is 4.79 Å². The highest BCUT2D eigenvalue weighted by Gasteiger charge is 2.44. The molecule has 0 radical (unpaired) electrons. The molecular formula is C21H23BrN4O2. The van der Waals surface area contributed by atoms with Gasteiger partial charge >= 0.3 is 0 Å². The van der Waals surface area contributed by atoms with Gasteiger partial charge in [0.15, 0.2) is 0 Å². The number of nitrogens with one attached hydrogen (secondary N) is 3. The van der Waals surface area contributed by atoms with Crippen molar-refractivity contribution in [2.75, 3.05) is 6.54 Å². The topological polar surface area (TPSA) is 97.8 Å². The molecule has 28 heavy (non-hydrogen) atoms. The summed E-state index contributed by atoms with van der Waals surface area (Å²) in [5.74, 6) is -0.481. The Balaban J connectivity index is 1.42. The molecule has 7 heteroatoms. The number of benzene rings is 1. The maximum absolute atomic E-state index is 12.8. The van der Waals surface area contributed by atoms with Crippen LogP contribution in [0.3, 0.4) is 0 Å². The van der Waals surface area contributed by atoms with E-state index < -0.39 is 0 Å². The molecule has 2 amide bonds. The Bertz CT molecular complexity index is 957. The molecule has 0 aliphatic heterocycles. The minimum Gasteiger partial charge on any atom is -0.354 e. The summed E-state index contributed by atoms with van der Waals surface area (Å²) >= 11 is 3.44. The first-order valence-electron chi connectivity index (χ1n) is 9.78. The maximum atomic E-state index is 12.8. The predicted octanol–water partition coefficient (Wildman–Crippen LogP) is 3.64. The molecule has 4 rings (SSSR count). The van der Waals surface area contributed by atoms with Crippen LogP contribution in [0.4, 0.5) is 0 Å². The van der Waals surface area contributed by atoms with Gasteiger partial charge in [0.05, 0.1) is 17.4 Å². The maximum Gasteiger partial charge on any atom is 0.267 e. The fourth-order valence-corrected chi connectivity index (χ4v) is 4.33. The van der Waals surface area contributed by atoms with Crippen LogP contribution in [0.25, 0.3) is 10.9 Å². The van der Waals surface area contributed by atoms with Crippen LogP contribution in [-0.4, -0.2) is 29.4 Å². The molecule has 146 valence electrons. The second-order valence-electron chi connectivity index (χ2n) is 8.00. The number of halogens is 1. The van der Waals surface area contributed by atoms with E-state index in [0.29, 0.717) is 12.2 Å². The van der Waals surface area contributed by atoms with Gasteiger partial charge in [-0.3, -0.25) is 9.59 Å². The fourth-order valence-electron chi connectivity index (χ4n) is 3.96. The first-order chi connectivity index (χ1) is 13.5. The van der Waals surface area contributed by atoms with Crippen LogP contribution in [0.5, 0.6) is 0 Å². The Hall–Kier alpha value is -2.33. The average molecular weight is 443 g/mol. The highest BCUT2D eigenvalue weighted by Crippen LogP contribution is 2.44. The monoisotopic (exact) mass is 442 g/mol. The van der Waals surface area contributed by atoms with E-state index in [9.17, 15) is 14.9 Å². The molecule has 2 atom stereocenters. The van der Waals surface area contributed by atoms with Crippen LogP contribution >= 0.6 is 15.9 Å². The van der Waals surface area contributed by atoms with Crippen molar-refractivity contribution >= 4 is 38.6 Å². The van der Waals surface area contributed by atoms with Gasteiger partial charge in [-0.15, -0.1) is 0 Å². The highest BCUT2D eigenvalue weighted by molar-refractivity contribution is 9.10. The number of aromatic amines is 1. The number of rotatable bonds is 5.